The van der Waals surface area contributed by atoms with Gasteiger partial charge < -0.3 is 15.2 Å². The van der Waals surface area contributed by atoms with E-state index in [1.54, 1.807) is 12.1 Å². The first-order valence-electron chi connectivity index (χ1n) is 8.44. The van der Waals surface area contributed by atoms with Crippen LogP contribution in [0.5, 0.6) is 5.75 Å². The molecule has 1 heterocycles. The Balaban J connectivity index is 1.69. The molecule has 1 aromatic carbocycles. The van der Waals surface area contributed by atoms with Crippen LogP contribution < -0.4 is 10.1 Å². The van der Waals surface area contributed by atoms with Crippen LogP contribution in [0, 0.1) is 0 Å². The van der Waals surface area contributed by atoms with Crippen molar-refractivity contribution in [2.24, 2.45) is 0 Å². The third-order valence-electron chi connectivity index (χ3n) is 4.32. The molecule has 0 radical (unpaired) electrons. The second kappa shape index (κ2) is 8.16. The SMILES string of the molecule is O=C(O)C[C@@H](NC(=O)c1cccs1)c1ccc(OC2CCCC2)cc1. The highest BCUT2D eigenvalue weighted by Gasteiger charge is 2.20. The molecule has 132 valence electrons. The molecule has 0 saturated heterocycles. The zero-order chi connectivity index (χ0) is 17.6. The van der Waals surface area contributed by atoms with Gasteiger partial charge in [-0.2, -0.15) is 0 Å². The Hall–Kier alpha value is -2.34. The van der Waals surface area contributed by atoms with Gasteiger partial charge in [0, 0.05) is 0 Å². The molecule has 1 saturated carbocycles. The van der Waals surface area contributed by atoms with Crippen LogP contribution in [0.15, 0.2) is 41.8 Å². The molecule has 5 nitrogen and oxygen atoms in total. The van der Waals surface area contributed by atoms with Crippen LogP contribution in [-0.4, -0.2) is 23.1 Å². The topological polar surface area (TPSA) is 75.6 Å². The average Bonchev–Trinajstić information content (AvgIpc) is 3.28. The fourth-order valence-corrected chi connectivity index (χ4v) is 3.67. The van der Waals surface area contributed by atoms with Gasteiger partial charge in [-0.1, -0.05) is 18.2 Å². The van der Waals surface area contributed by atoms with Crippen molar-refractivity contribution in [1.29, 1.82) is 0 Å². The number of carbonyl (C=O) groups is 2. The predicted molar refractivity (Wildman–Crippen MR) is 96.1 cm³/mol. The molecule has 2 N–H and O–H groups in total. The minimum absolute atomic E-state index is 0.167. The maximum absolute atomic E-state index is 12.2. The number of rotatable bonds is 7. The summed E-state index contributed by atoms with van der Waals surface area (Å²) >= 11 is 1.33. The maximum atomic E-state index is 12.2. The largest absolute Gasteiger partial charge is 0.490 e. The first kappa shape index (κ1) is 17.5. The Morgan fingerprint density at radius 3 is 2.52 bits per heavy atom. The van der Waals surface area contributed by atoms with Crippen LogP contribution in [0.25, 0.3) is 0 Å². The van der Waals surface area contributed by atoms with Crippen LogP contribution in [-0.2, 0) is 4.79 Å². The summed E-state index contributed by atoms with van der Waals surface area (Å²) < 4.78 is 5.93. The standard InChI is InChI=1S/C19H21NO4S/c21-18(22)12-16(20-19(23)17-6-3-11-25-17)13-7-9-15(10-8-13)24-14-4-1-2-5-14/h3,6-11,14,16H,1-2,4-5,12H2,(H,20,23)(H,21,22)/t16-/m1/s1. The van der Waals surface area contributed by atoms with E-state index in [1.807, 2.05) is 29.6 Å². The van der Waals surface area contributed by atoms with Gasteiger partial charge in [0.25, 0.3) is 5.91 Å². The molecule has 0 bridgehead atoms. The molecule has 1 aromatic heterocycles. The molecule has 2 aromatic rings. The molecule has 0 unspecified atom stereocenters. The summed E-state index contributed by atoms with van der Waals surface area (Å²) in [5.41, 5.74) is 0.756. The molecule has 1 aliphatic carbocycles. The lowest BCUT2D eigenvalue weighted by atomic mass is 10.0. The number of amides is 1. The lowest BCUT2D eigenvalue weighted by molar-refractivity contribution is -0.137. The highest BCUT2D eigenvalue weighted by atomic mass is 32.1. The Morgan fingerprint density at radius 1 is 1.20 bits per heavy atom. The normalized spacial score (nSPS) is 15.7. The van der Waals surface area contributed by atoms with E-state index in [-0.39, 0.29) is 18.4 Å². The molecule has 1 atom stereocenters. The van der Waals surface area contributed by atoms with Gasteiger partial charge in [-0.15, -0.1) is 11.3 Å². The molecule has 1 aliphatic rings. The van der Waals surface area contributed by atoms with E-state index < -0.39 is 12.0 Å². The summed E-state index contributed by atoms with van der Waals surface area (Å²) in [7, 11) is 0. The first-order valence-corrected chi connectivity index (χ1v) is 9.32. The first-order chi connectivity index (χ1) is 12.1. The zero-order valence-corrected chi connectivity index (χ0v) is 14.6. The fraction of sp³-hybridized carbons (Fsp3) is 0.368. The summed E-state index contributed by atoms with van der Waals surface area (Å²) in [5.74, 6) is -0.426. The van der Waals surface area contributed by atoms with E-state index in [0.717, 1.165) is 24.2 Å². The summed E-state index contributed by atoms with van der Waals surface area (Å²) in [6.45, 7) is 0. The minimum atomic E-state index is -0.956. The van der Waals surface area contributed by atoms with Crippen molar-refractivity contribution in [3.05, 3.63) is 52.2 Å². The number of carboxylic acids is 1. The second-order valence-corrected chi connectivity index (χ2v) is 7.14. The summed E-state index contributed by atoms with van der Waals surface area (Å²) in [6, 6.07) is 10.3. The predicted octanol–water partition coefficient (Wildman–Crippen LogP) is 4.02. The van der Waals surface area contributed by atoms with E-state index >= 15 is 0 Å². The van der Waals surface area contributed by atoms with Crippen molar-refractivity contribution in [2.75, 3.05) is 0 Å². The number of benzene rings is 1. The maximum Gasteiger partial charge on any atom is 0.305 e. The van der Waals surface area contributed by atoms with Crippen molar-refractivity contribution in [3.63, 3.8) is 0 Å². The summed E-state index contributed by atoms with van der Waals surface area (Å²) in [5, 5.41) is 13.8. The van der Waals surface area contributed by atoms with Crippen molar-refractivity contribution in [3.8, 4) is 5.75 Å². The van der Waals surface area contributed by atoms with Gasteiger partial charge in [0.05, 0.1) is 23.4 Å². The van der Waals surface area contributed by atoms with Gasteiger partial charge >= 0.3 is 5.97 Å². The molecule has 3 rings (SSSR count). The van der Waals surface area contributed by atoms with Gasteiger partial charge in [0.1, 0.15) is 5.75 Å². The molecular formula is C19H21NO4S. The number of carboxylic acid groups (broad SMARTS) is 1. The average molecular weight is 359 g/mol. The highest BCUT2D eigenvalue weighted by molar-refractivity contribution is 7.12. The lowest BCUT2D eigenvalue weighted by Gasteiger charge is -2.18. The number of ether oxygens (including phenoxy) is 1. The lowest BCUT2D eigenvalue weighted by Crippen LogP contribution is -2.29. The smallest absolute Gasteiger partial charge is 0.305 e. The zero-order valence-electron chi connectivity index (χ0n) is 13.8. The Labute approximate surface area is 150 Å². The van der Waals surface area contributed by atoms with Crippen molar-refractivity contribution < 1.29 is 19.4 Å². The van der Waals surface area contributed by atoms with Crippen LogP contribution in [0.2, 0.25) is 0 Å². The van der Waals surface area contributed by atoms with Gasteiger partial charge in [-0.05, 0) is 54.8 Å². The van der Waals surface area contributed by atoms with Crippen molar-refractivity contribution >= 4 is 23.2 Å². The number of aliphatic carboxylic acids is 1. The number of hydrogen-bond donors (Lipinski definition) is 2. The fourth-order valence-electron chi connectivity index (χ4n) is 3.04. The highest BCUT2D eigenvalue weighted by Crippen LogP contribution is 2.26. The van der Waals surface area contributed by atoms with Gasteiger partial charge in [-0.3, -0.25) is 9.59 Å². The van der Waals surface area contributed by atoms with Crippen LogP contribution in [0.4, 0.5) is 0 Å². The van der Waals surface area contributed by atoms with E-state index in [9.17, 15) is 9.59 Å². The van der Waals surface area contributed by atoms with Crippen LogP contribution >= 0.6 is 11.3 Å². The Bertz CT molecular complexity index is 706. The number of carbonyl (C=O) groups excluding carboxylic acids is 1. The summed E-state index contributed by atoms with van der Waals surface area (Å²) in [4.78, 5) is 24.0. The van der Waals surface area contributed by atoms with Crippen molar-refractivity contribution in [1.82, 2.24) is 5.32 Å². The third-order valence-corrected chi connectivity index (χ3v) is 5.19. The molecule has 6 heteroatoms. The Kier molecular flexibility index (Phi) is 5.71. The summed E-state index contributed by atoms with van der Waals surface area (Å²) in [6.07, 6.45) is 4.69. The van der Waals surface area contributed by atoms with Gasteiger partial charge in [0.15, 0.2) is 0 Å². The van der Waals surface area contributed by atoms with Gasteiger partial charge in [-0.25, -0.2) is 0 Å². The Morgan fingerprint density at radius 2 is 1.92 bits per heavy atom. The van der Waals surface area contributed by atoms with E-state index in [0.29, 0.717) is 4.88 Å². The quantitative estimate of drug-likeness (QED) is 0.783. The van der Waals surface area contributed by atoms with Gasteiger partial charge in [0.2, 0.25) is 0 Å². The molecule has 0 spiro atoms. The molecule has 0 aliphatic heterocycles. The van der Waals surface area contributed by atoms with E-state index in [4.69, 9.17) is 9.84 Å². The van der Waals surface area contributed by atoms with Crippen LogP contribution in [0.1, 0.15) is 53.4 Å². The third kappa shape index (κ3) is 4.82. The van der Waals surface area contributed by atoms with E-state index in [1.165, 1.54) is 24.2 Å². The molecule has 1 amide bonds. The van der Waals surface area contributed by atoms with E-state index in [2.05, 4.69) is 5.32 Å². The second-order valence-electron chi connectivity index (χ2n) is 6.19. The number of nitrogens with one attached hydrogen (secondary N) is 1. The molecular weight excluding hydrogens is 338 g/mol. The molecule has 1 fully saturated rings. The van der Waals surface area contributed by atoms with Crippen LogP contribution in [0.3, 0.4) is 0 Å². The minimum Gasteiger partial charge on any atom is -0.490 e. The molecule has 25 heavy (non-hydrogen) atoms. The van der Waals surface area contributed by atoms with Crippen molar-refractivity contribution in [2.45, 2.75) is 44.2 Å². The number of hydrogen-bond acceptors (Lipinski definition) is 4. The monoisotopic (exact) mass is 359 g/mol. The number of thiophene rings is 1.